The number of methoxy groups -OCH3 is 1. The number of nitrogen functional groups attached to an aromatic ring is 1. The third-order valence-electron chi connectivity index (χ3n) is 2.25. The molecule has 2 rings (SSSR count). The highest BCUT2D eigenvalue weighted by Gasteiger charge is 2.07. The molecule has 94 valence electrons. The number of ether oxygens (including phenoxy) is 2. The molecular weight excluding hydrogens is 348 g/mol. The fourth-order valence-corrected chi connectivity index (χ4v) is 2.09. The fourth-order valence-electron chi connectivity index (χ4n) is 1.48. The number of hydrogen-bond donors (Lipinski definition) is 1. The minimum absolute atomic E-state index is 0.341. The molecule has 5 heteroatoms. The number of benzene rings is 2. The molecule has 2 N–H and O–H groups in total. The van der Waals surface area contributed by atoms with Gasteiger partial charge in [-0.15, -0.1) is 0 Å². The minimum Gasteiger partial charge on any atom is -0.493 e. The largest absolute Gasteiger partial charge is 0.493 e. The zero-order chi connectivity index (χ0) is 13.1. The molecule has 0 aliphatic rings. The molecule has 2 aromatic rings. The highest BCUT2D eigenvalue weighted by Crippen LogP contribution is 2.33. The second-order valence-corrected chi connectivity index (χ2v) is 4.86. The summed E-state index contributed by atoms with van der Waals surface area (Å²) in [7, 11) is 1.52. The smallest absolute Gasteiger partial charge is 0.169 e. The van der Waals surface area contributed by atoms with Crippen LogP contribution in [0.4, 0.5) is 10.1 Å². The van der Waals surface area contributed by atoms with Crippen LogP contribution in [0.3, 0.4) is 0 Å². The lowest BCUT2D eigenvalue weighted by Crippen LogP contribution is -1.93. The lowest BCUT2D eigenvalue weighted by Gasteiger charge is -2.11. The summed E-state index contributed by atoms with van der Waals surface area (Å²) in [6.45, 7) is 0. The molecule has 0 aliphatic carbocycles. The molecule has 0 amide bonds. The molecule has 2 aromatic carbocycles. The van der Waals surface area contributed by atoms with Crippen LogP contribution >= 0.6 is 22.6 Å². The van der Waals surface area contributed by atoms with Gasteiger partial charge in [-0.25, -0.2) is 4.39 Å². The van der Waals surface area contributed by atoms with Crippen molar-refractivity contribution < 1.29 is 13.9 Å². The van der Waals surface area contributed by atoms with Crippen molar-refractivity contribution in [3.63, 3.8) is 0 Å². The van der Waals surface area contributed by atoms with Crippen LogP contribution < -0.4 is 15.2 Å². The Balaban J connectivity index is 2.33. The van der Waals surface area contributed by atoms with Crippen LogP contribution in [-0.4, -0.2) is 7.11 Å². The standard InChI is InChI=1S/C13H11FINO2/c1-17-13-7-10(16)2-3-12(13)18-11-5-8(14)4-9(15)6-11/h2-7H,16H2,1H3. The van der Waals surface area contributed by atoms with E-state index in [9.17, 15) is 4.39 Å². The maximum atomic E-state index is 13.2. The van der Waals surface area contributed by atoms with Gasteiger partial charge in [-0.2, -0.15) is 0 Å². The van der Waals surface area contributed by atoms with E-state index in [1.165, 1.54) is 19.2 Å². The summed E-state index contributed by atoms with van der Waals surface area (Å²) in [4.78, 5) is 0. The summed E-state index contributed by atoms with van der Waals surface area (Å²) < 4.78 is 24.8. The SMILES string of the molecule is COc1cc(N)ccc1Oc1cc(F)cc(I)c1. The van der Waals surface area contributed by atoms with E-state index in [1.807, 2.05) is 22.6 Å². The first kappa shape index (κ1) is 12.9. The van der Waals surface area contributed by atoms with E-state index in [-0.39, 0.29) is 5.82 Å². The molecule has 0 bridgehead atoms. The van der Waals surface area contributed by atoms with Crippen LogP contribution in [0, 0.1) is 9.39 Å². The van der Waals surface area contributed by atoms with Crippen LogP contribution in [-0.2, 0) is 0 Å². The zero-order valence-corrected chi connectivity index (χ0v) is 11.8. The van der Waals surface area contributed by atoms with Crippen LogP contribution in [0.2, 0.25) is 0 Å². The van der Waals surface area contributed by atoms with Crippen molar-refractivity contribution in [2.75, 3.05) is 12.8 Å². The Labute approximate surface area is 118 Å². The topological polar surface area (TPSA) is 44.5 Å². The second kappa shape index (κ2) is 5.43. The predicted octanol–water partition coefficient (Wildman–Crippen LogP) is 3.81. The number of anilines is 1. The van der Waals surface area contributed by atoms with Crippen LogP contribution in [0.1, 0.15) is 0 Å². The second-order valence-electron chi connectivity index (χ2n) is 3.62. The van der Waals surface area contributed by atoms with Gasteiger partial charge in [0.05, 0.1) is 7.11 Å². The number of hydrogen-bond acceptors (Lipinski definition) is 3. The summed E-state index contributed by atoms with van der Waals surface area (Å²) in [5.41, 5.74) is 6.22. The van der Waals surface area contributed by atoms with Gasteiger partial charge in [-0.05, 0) is 46.9 Å². The number of rotatable bonds is 3. The van der Waals surface area contributed by atoms with Gasteiger partial charge in [-0.3, -0.25) is 0 Å². The van der Waals surface area contributed by atoms with E-state index in [4.69, 9.17) is 15.2 Å². The lowest BCUT2D eigenvalue weighted by molar-refractivity contribution is 0.378. The Hall–Kier alpha value is -1.50. The molecule has 3 nitrogen and oxygen atoms in total. The molecular formula is C13H11FINO2. The normalized spacial score (nSPS) is 10.2. The van der Waals surface area contributed by atoms with Crippen LogP contribution in [0.25, 0.3) is 0 Å². The Kier molecular flexibility index (Phi) is 3.90. The first-order valence-electron chi connectivity index (χ1n) is 5.16. The monoisotopic (exact) mass is 359 g/mol. The van der Waals surface area contributed by atoms with Crippen molar-refractivity contribution >= 4 is 28.3 Å². The Morgan fingerprint density at radius 1 is 1.11 bits per heavy atom. The van der Waals surface area contributed by atoms with E-state index in [1.54, 1.807) is 24.3 Å². The third-order valence-corrected chi connectivity index (χ3v) is 2.87. The summed E-state index contributed by atoms with van der Waals surface area (Å²) in [5, 5.41) is 0. The molecule has 0 heterocycles. The minimum atomic E-state index is -0.341. The average molecular weight is 359 g/mol. The van der Waals surface area contributed by atoms with E-state index in [0.717, 1.165) is 3.57 Å². The lowest BCUT2D eigenvalue weighted by atomic mass is 10.3. The first-order chi connectivity index (χ1) is 8.58. The van der Waals surface area contributed by atoms with Crippen molar-refractivity contribution in [3.8, 4) is 17.2 Å². The molecule has 0 spiro atoms. The van der Waals surface area contributed by atoms with Gasteiger partial charge >= 0.3 is 0 Å². The van der Waals surface area contributed by atoms with Gasteiger partial charge in [0.25, 0.3) is 0 Å². The molecule has 0 aliphatic heterocycles. The third kappa shape index (κ3) is 3.04. The van der Waals surface area contributed by atoms with Gasteiger partial charge in [-0.1, -0.05) is 0 Å². The highest BCUT2D eigenvalue weighted by molar-refractivity contribution is 14.1. The fraction of sp³-hybridized carbons (Fsp3) is 0.0769. The molecule has 0 saturated heterocycles. The molecule has 0 radical (unpaired) electrons. The zero-order valence-electron chi connectivity index (χ0n) is 9.61. The van der Waals surface area contributed by atoms with Gasteiger partial charge in [0.2, 0.25) is 0 Å². The molecule has 0 atom stereocenters. The number of nitrogens with two attached hydrogens (primary N) is 1. The van der Waals surface area contributed by atoms with Crippen molar-refractivity contribution in [2.24, 2.45) is 0 Å². The molecule has 0 fully saturated rings. The van der Waals surface area contributed by atoms with Crippen molar-refractivity contribution in [1.82, 2.24) is 0 Å². The maximum Gasteiger partial charge on any atom is 0.169 e. The van der Waals surface area contributed by atoms with E-state index in [0.29, 0.717) is 22.9 Å². The molecule has 0 aromatic heterocycles. The molecule has 0 saturated carbocycles. The van der Waals surface area contributed by atoms with Gasteiger partial charge in [0, 0.05) is 21.4 Å². The first-order valence-corrected chi connectivity index (χ1v) is 6.24. The van der Waals surface area contributed by atoms with E-state index in [2.05, 4.69) is 0 Å². The molecule has 18 heavy (non-hydrogen) atoms. The number of halogens is 2. The maximum absolute atomic E-state index is 13.2. The summed E-state index contributed by atoms with van der Waals surface area (Å²) in [5.74, 6) is 1.08. The summed E-state index contributed by atoms with van der Waals surface area (Å²) in [6.07, 6.45) is 0. The van der Waals surface area contributed by atoms with Crippen molar-refractivity contribution in [3.05, 3.63) is 45.8 Å². The predicted molar refractivity (Wildman–Crippen MR) is 76.6 cm³/mol. The van der Waals surface area contributed by atoms with Gasteiger partial charge in [0.15, 0.2) is 11.5 Å². The average Bonchev–Trinajstić information content (AvgIpc) is 2.30. The van der Waals surface area contributed by atoms with E-state index >= 15 is 0 Å². The Morgan fingerprint density at radius 2 is 1.89 bits per heavy atom. The summed E-state index contributed by atoms with van der Waals surface area (Å²) in [6, 6.07) is 9.51. The van der Waals surface area contributed by atoms with Gasteiger partial charge < -0.3 is 15.2 Å². The van der Waals surface area contributed by atoms with Gasteiger partial charge in [0.1, 0.15) is 11.6 Å². The molecule has 0 unspecified atom stereocenters. The Morgan fingerprint density at radius 3 is 2.56 bits per heavy atom. The van der Waals surface area contributed by atoms with E-state index < -0.39 is 0 Å². The quantitative estimate of drug-likeness (QED) is 0.670. The van der Waals surface area contributed by atoms with Crippen LogP contribution in [0.5, 0.6) is 17.2 Å². The van der Waals surface area contributed by atoms with Crippen molar-refractivity contribution in [1.29, 1.82) is 0 Å². The van der Waals surface area contributed by atoms with Crippen LogP contribution in [0.15, 0.2) is 36.4 Å². The summed E-state index contributed by atoms with van der Waals surface area (Å²) >= 11 is 2.03. The Bertz CT molecular complexity index is 555. The van der Waals surface area contributed by atoms with Crippen molar-refractivity contribution in [2.45, 2.75) is 0 Å². The highest BCUT2D eigenvalue weighted by atomic mass is 127.